The summed E-state index contributed by atoms with van der Waals surface area (Å²) in [7, 11) is 4.05. The van der Waals surface area contributed by atoms with Crippen molar-refractivity contribution in [3.63, 3.8) is 0 Å². The molecule has 2 aromatic rings. The molecule has 1 heterocycles. The third-order valence-electron chi connectivity index (χ3n) is 3.35. The largest absolute Gasteiger partial charge is 0.309 e. The van der Waals surface area contributed by atoms with Gasteiger partial charge in [-0.1, -0.05) is 30.3 Å². The molecule has 0 aliphatic heterocycles. The molecule has 0 N–H and O–H groups in total. The van der Waals surface area contributed by atoms with Gasteiger partial charge in [0.1, 0.15) is 0 Å². The fraction of sp³-hybridized carbons (Fsp3) is 0.294. The Morgan fingerprint density at radius 2 is 1.75 bits per heavy atom. The lowest BCUT2D eigenvalue weighted by Crippen LogP contribution is -2.20. The third-order valence-corrected chi connectivity index (χ3v) is 3.35. The van der Waals surface area contributed by atoms with Crippen LogP contribution in [-0.2, 0) is 0 Å². The number of Topliss-reactive ketones (excluding diaryl/α,β-unsaturated/α-hetero) is 1. The molecule has 0 spiro atoms. The van der Waals surface area contributed by atoms with E-state index in [4.69, 9.17) is 0 Å². The number of carbonyl (C=O) groups excluding carboxylic acids is 1. The van der Waals surface area contributed by atoms with E-state index >= 15 is 0 Å². The Morgan fingerprint density at radius 1 is 1.10 bits per heavy atom. The first kappa shape index (κ1) is 14.4. The highest BCUT2D eigenvalue weighted by atomic mass is 16.1. The molecule has 0 aliphatic carbocycles. The summed E-state index contributed by atoms with van der Waals surface area (Å²) < 4.78 is 0. The number of aromatic nitrogens is 1. The summed E-state index contributed by atoms with van der Waals surface area (Å²) in [6.45, 7) is 0.881. The van der Waals surface area contributed by atoms with Gasteiger partial charge in [-0.2, -0.15) is 0 Å². The molecule has 0 bridgehead atoms. The molecule has 2 rings (SSSR count). The molecule has 3 heteroatoms. The minimum atomic E-state index is -0.109. The molecule has 0 amide bonds. The Labute approximate surface area is 120 Å². The van der Waals surface area contributed by atoms with E-state index in [2.05, 4.69) is 9.88 Å². The van der Waals surface area contributed by atoms with Crippen molar-refractivity contribution < 1.29 is 4.79 Å². The smallest absolute Gasteiger partial charge is 0.170 e. The molecule has 1 aromatic heterocycles. The number of ketones is 1. The van der Waals surface area contributed by atoms with Crippen LogP contribution < -0.4 is 0 Å². The number of carbonyl (C=O) groups is 1. The second-order valence-corrected chi connectivity index (χ2v) is 5.16. The van der Waals surface area contributed by atoms with Crippen molar-refractivity contribution in [2.45, 2.75) is 12.3 Å². The van der Waals surface area contributed by atoms with Crippen LogP contribution in [0.3, 0.4) is 0 Å². The van der Waals surface area contributed by atoms with Crippen molar-refractivity contribution in [2.24, 2.45) is 0 Å². The number of hydrogen-bond acceptors (Lipinski definition) is 3. The Kier molecular flexibility index (Phi) is 5.02. The molecule has 3 nitrogen and oxygen atoms in total. The van der Waals surface area contributed by atoms with Gasteiger partial charge in [-0.05, 0) is 44.8 Å². The fourth-order valence-electron chi connectivity index (χ4n) is 2.24. The predicted octanol–water partition coefficient (Wildman–Crippen LogP) is 3.00. The van der Waals surface area contributed by atoms with Gasteiger partial charge in [0.15, 0.2) is 5.78 Å². The number of pyridine rings is 1. The molecular formula is C17H20N2O. The van der Waals surface area contributed by atoms with E-state index in [0.29, 0.717) is 0 Å². The number of hydrogen-bond donors (Lipinski definition) is 0. The summed E-state index contributed by atoms with van der Waals surface area (Å²) in [5.74, 6) is 0.0708. The highest BCUT2D eigenvalue weighted by Crippen LogP contribution is 2.24. The van der Waals surface area contributed by atoms with E-state index in [1.54, 1.807) is 12.4 Å². The summed E-state index contributed by atoms with van der Waals surface area (Å²) in [6.07, 6.45) is 4.30. The maximum Gasteiger partial charge on any atom is 0.170 e. The van der Waals surface area contributed by atoms with Gasteiger partial charge in [0.05, 0.1) is 0 Å². The third kappa shape index (κ3) is 3.75. The van der Waals surface area contributed by atoms with Gasteiger partial charge in [-0.25, -0.2) is 0 Å². The average molecular weight is 268 g/mol. The molecule has 104 valence electrons. The predicted molar refractivity (Wildman–Crippen MR) is 80.9 cm³/mol. The van der Waals surface area contributed by atoms with Crippen molar-refractivity contribution in [3.05, 3.63) is 66.0 Å². The fourth-order valence-corrected chi connectivity index (χ4v) is 2.24. The van der Waals surface area contributed by atoms with Crippen molar-refractivity contribution >= 4 is 5.78 Å². The summed E-state index contributed by atoms with van der Waals surface area (Å²) in [6, 6.07) is 13.4. The Morgan fingerprint density at radius 3 is 2.35 bits per heavy atom. The zero-order valence-electron chi connectivity index (χ0n) is 12.0. The van der Waals surface area contributed by atoms with Gasteiger partial charge < -0.3 is 4.90 Å². The lowest BCUT2D eigenvalue weighted by atomic mass is 9.88. The van der Waals surface area contributed by atoms with Crippen molar-refractivity contribution in [3.8, 4) is 0 Å². The minimum absolute atomic E-state index is 0.109. The second-order valence-electron chi connectivity index (χ2n) is 5.16. The standard InChI is InChI=1S/C17H20N2O/c1-19(2)13-10-16(14-8-11-18-12-9-14)17(20)15-6-4-3-5-7-15/h3-9,11-12,16H,10,13H2,1-2H3/t16-/m1/s1. The minimum Gasteiger partial charge on any atom is -0.309 e. The summed E-state index contributed by atoms with van der Waals surface area (Å²) in [5, 5.41) is 0. The first-order valence-corrected chi connectivity index (χ1v) is 6.82. The second kappa shape index (κ2) is 6.96. The van der Waals surface area contributed by atoms with Crippen molar-refractivity contribution in [2.75, 3.05) is 20.6 Å². The molecule has 0 fully saturated rings. The van der Waals surface area contributed by atoms with Crippen LogP contribution in [0, 0.1) is 0 Å². The molecule has 0 unspecified atom stereocenters. The molecule has 0 saturated carbocycles. The molecule has 1 atom stereocenters. The van der Waals surface area contributed by atoms with E-state index in [0.717, 1.165) is 24.1 Å². The van der Waals surface area contributed by atoms with Crippen LogP contribution in [0.4, 0.5) is 0 Å². The van der Waals surface area contributed by atoms with Crippen LogP contribution in [0.15, 0.2) is 54.9 Å². The average Bonchev–Trinajstić information content (AvgIpc) is 2.49. The quantitative estimate of drug-likeness (QED) is 0.755. The van der Waals surface area contributed by atoms with Gasteiger partial charge in [-0.3, -0.25) is 9.78 Å². The van der Waals surface area contributed by atoms with E-state index in [1.165, 1.54) is 0 Å². The normalized spacial score (nSPS) is 12.3. The lowest BCUT2D eigenvalue weighted by Gasteiger charge is -2.18. The first-order chi connectivity index (χ1) is 9.68. The summed E-state index contributed by atoms with van der Waals surface area (Å²) in [5.41, 5.74) is 1.81. The zero-order chi connectivity index (χ0) is 14.4. The zero-order valence-corrected chi connectivity index (χ0v) is 12.0. The van der Waals surface area contributed by atoms with Crippen LogP contribution in [0.2, 0.25) is 0 Å². The molecular weight excluding hydrogens is 248 g/mol. The lowest BCUT2D eigenvalue weighted by molar-refractivity contribution is 0.0951. The maximum absolute atomic E-state index is 12.7. The van der Waals surface area contributed by atoms with Crippen LogP contribution in [0.5, 0.6) is 0 Å². The van der Waals surface area contributed by atoms with E-state index in [1.807, 2.05) is 56.6 Å². The molecule has 0 aliphatic rings. The Balaban J connectivity index is 2.25. The van der Waals surface area contributed by atoms with Crippen molar-refractivity contribution in [1.29, 1.82) is 0 Å². The molecule has 1 aromatic carbocycles. The summed E-state index contributed by atoms with van der Waals surface area (Å²) in [4.78, 5) is 18.9. The van der Waals surface area contributed by atoms with Crippen molar-refractivity contribution in [1.82, 2.24) is 9.88 Å². The summed E-state index contributed by atoms with van der Waals surface area (Å²) >= 11 is 0. The Hall–Kier alpha value is -2.00. The van der Waals surface area contributed by atoms with E-state index in [-0.39, 0.29) is 11.7 Å². The molecule has 0 radical (unpaired) electrons. The number of benzene rings is 1. The topological polar surface area (TPSA) is 33.2 Å². The van der Waals surface area contributed by atoms with E-state index in [9.17, 15) is 4.79 Å². The Bertz CT molecular complexity index is 537. The van der Waals surface area contributed by atoms with Crippen LogP contribution in [-0.4, -0.2) is 36.3 Å². The monoisotopic (exact) mass is 268 g/mol. The maximum atomic E-state index is 12.7. The highest BCUT2D eigenvalue weighted by Gasteiger charge is 2.21. The van der Waals surface area contributed by atoms with Gasteiger partial charge in [0, 0.05) is 23.9 Å². The van der Waals surface area contributed by atoms with Gasteiger partial charge in [0.2, 0.25) is 0 Å². The van der Waals surface area contributed by atoms with Crippen LogP contribution >= 0.6 is 0 Å². The number of rotatable bonds is 6. The van der Waals surface area contributed by atoms with Crippen LogP contribution in [0.25, 0.3) is 0 Å². The van der Waals surface area contributed by atoms with E-state index < -0.39 is 0 Å². The number of nitrogens with zero attached hydrogens (tertiary/aromatic N) is 2. The van der Waals surface area contributed by atoms with Gasteiger partial charge >= 0.3 is 0 Å². The first-order valence-electron chi connectivity index (χ1n) is 6.82. The highest BCUT2D eigenvalue weighted by molar-refractivity contribution is 6.00. The van der Waals surface area contributed by atoms with Gasteiger partial charge in [-0.15, -0.1) is 0 Å². The van der Waals surface area contributed by atoms with Crippen LogP contribution in [0.1, 0.15) is 28.3 Å². The molecule has 20 heavy (non-hydrogen) atoms. The van der Waals surface area contributed by atoms with Gasteiger partial charge in [0.25, 0.3) is 0 Å². The SMILES string of the molecule is CN(C)CC[C@@H](C(=O)c1ccccc1)c1ccncc1. The molecule has 0 saturated heterocycles.